The fourth-order valence-corrected chi connectivity index (χ4v) is 4.51. The van der Waals surface area contributed by atoms with Crippen molar-refractivity contribution in [3.05, 3.63) is 59.3 Å². The highest BCUT2D eigenvalue weighted by molar-refractivity contribution is 7.90. The van der Waals surface area contributed by atoms with E-state index in [9.17, 15) is 30.8 Å². The van der Waals surface area contributed by atoms with E-state index in [0.717, 1.165) is 38.6 Å². The summed E-state index contributed by atoms with van der Waals surface area (Å²) in [7, 11) is -2.80. The van der Waals surface area contributed by atoms with Gasteiger partial charge in [0.2, 0.25) is 0 Å². The van der Waals surface area contributed by atoms with Crippen molar-refractivity contribution in [2.75, 3.05) is 13.4 Å². The largest absolute Gasteiger partial charge is 0.494 e. The van der Waals surface area contributed by atoms with Crippen LogP contribution in [0.2, 0.25) is 0 Å². The lowest BCUT2D eigenvalue weighted by Crippen LogP contribution is -2.33. The Kier molecular flexibility index (Phi) is 6.41. The Balaban J connectivity index is 1.69. The number of nitrogens with zero attached hydrogens (tertiary/aromatic N) is 4. The summed E-state index contributed by atoms with van der Waals surface area (Å²) in [5.74, 6) is -1.86. The Morgan fingerprint density at radius 3 is 2.44 bits per heavy atom. The van der Waals surface area contributed by atoms with Crippen LogP contribution < -0.4 is 9.47 Å². The Bertz CT molecular complexity index is 1400. The molecule has 0 radical (unpaired) electrons. The lowest BCUT2D eigenvalue weighted by atomic mass is 10.1. The van der Waals surface area contributed by atoms with E-state index in [0.29, 0.717) is 17.1 Å². The van der Waals surface area contributed by atoms with Gasteiger partial charge in [-0.05, 0) is 31.2 Å². The second kappa shape index (κ2) is 9.08. The molecular formula is C22H20F4N4O5S. The molecule has 9 nitrogen and oxygen atoms in total. The zero-order valence-electron chi connectivity index (χ0n) is 19.2. The molecular weight excluding hydrogens is 508 g/mol. The number of ether oxygens (including phenoxy) is 2. The molecule has 3 heterocycles. The van der Waals surface area contributed by atoms with Crippen LogP contribution in [0.4, 0.5) is 17.6 Å². The van der Waals surface area contributed by atoms with Crippen LogP contribution in [0.25, 0.3) is 5.82 Å². The van der Waals surface area contributed by atoms with Crippen LogP contribution in [-0.2, 0) is 22.9 Å². The predicted octanol–water partition coefficient (Wildman–Crippen LogP) is 3.30. The van der Waals surface area contributed by atoms with Gasteiger partial charge in [-0.2, -0.15) is 18.3 Å². The summed E-state index contributed by atoms with van der Waals surface area (Å²) in [6.07, 6.45) is -3.50. The lowest BCUT2D eigenvalue weighted by molar-refractivity contribution is -0.189. The van der Waals surface area contributed by atoms with Gasteiger partial charge in [0.15, 0.2) is 27.5 Å². The van der Waals surface area contributed by atoms with Crippen LogP contribution >= 0.6 is 0 Å². The minimum Gasteiger partial charge on any atom is -0.494 e. The first-order chi connectivity index (χ1) is 16.8. The van der Waals surface area contributed by atoms with E-state index in [1.165, 1.54) is 21.7 Å². The lowest BCUT2D eigenvalue weighted by Gasteiger charge is -2.24. The average Bonchev–Trinajstić information content (AvgIpc) is 3.37. The number of fused-ring (bicyclic) bond motifs is 1. The molecule has 3 aromatic rings. The van der Waals surface area contributed by atoms with Crippen LogP contribution in [0.15, 0.2) is 41.6 Å². The number of carbonyl (C=O) groups is 1. The van der Waals surface area contributed by atoms with Gasteiger partial charge >= 0.3 is 6.18 Å². The molecule has 0 spiro atoms. The fraction of sp³-hybridized carbons (Fsp3) is 0.318. The van der Waals surface area contributed by atoms with Crippen LogP contribution in [0.3, 0.4) is 0 Å². The summed E-state index contributed by atoms with van der Waals surface area (Å²) in [5.41, 5.74) is 0.660. The maximum absolute atomic E-state index is 13.5. The third-order valence-electron chi connectivity index (χ3n) is 5.48. The molecule has 1 aliphatic heterocycles. The highest BCUT2D eigenvalue weighted by atomic mass is 32.2. The summed E-state index contributed by atoms with van der Waals surface area (Å²) < 4.78 is 88.8. The second-order valence-corrected chi connectivity index (χ2v) is 10.1. The number of rotatable bonds is 6. The maximum Gasteiger partial charge on any atom is 0.425 e. The molecule has 0 N–H and O–H groups in total. The van der Waals surface area contributed by atoms with Gasteiger partial charge in [-0.3, -0.25) is 4.79 Å². The van der Waals surface area contributed by atoms with Crippen molar-refractivity contribution in [3.63, 3.8) is 0 Å². The van der Waals surface area contributed by atoms with Gasteiger partial charge in [0.25, 0.3) is 5.91 Å². The Labute approximate surface area is 203 Å². The molecule has 0 bridgehead atoms. The number of methoxy groups -OCH3 is 1. The van der Waals surface area contributed by atoms with Crippen molar-refractivity contribution in [1.29, 1.82) is 0 Å². The number of halogens is 4. The van der Waals surface area contributed by atoms with E-state index < -0.39 is 50.9 Å². The molecule has 192 valence electrons. The van der Waals surface area contributed by atoms with E-state index in [1.54, 1.807) is 6.20 Å². The van der Waals surface area contributed by atoms with Gasteiger partial charge in [0.05, 0.1) is 25.5 Å². The van der Waals surface area contributed by atoms with Gasteiger partial charge in [-0.25, -0.2) is 22.5 Å². The number of pyridine rings is 1. The van der Waals surface area contributed by atoms with E-state index >= 15 is 0 Å². The summed E-state index contributed by atoms with van der Waals surface area (Å²) in [5, 5.41) is 4.35. The summed E-state index contributed by atoms with van der Waals surface area (Å²) >= 11 is 0. The molecule has 0 aliphatic carbocycles. The first-order valence-corrected chi connectivity index (χ1v) is 12.3. The molecule has 4 rings (SSSR count). The van der Waals surface area contributed by atoms with E-state index in [2.05, 4.69) is 10.1 Å². The van der Waals surface area contributed by atoms with Crippen molar-refractivity contribution in [2.24, 2.45) is 0 Å². The third-order valence-corrected chi connectivity index (χ3v) is 6.60. The van der Waals surface area contributed by atoms with Crippen LogP contribution in [0.1, 0.15) is 28.5 Å². The van der Waals surface area contributed by atoms with Crippen molar-refractivity contribution >= 4 is 15.7 Å². The van der Waals surface area contributed by atoms with Gasteiger partial charge < -0.3 is 14.4 Å². The quantitative estimate of drug-likeness (QED) is 0.453. The van der Waals surface area contributed by atoms with E-state index in [4.69, 9.17) is 9.47 Å². The molecule has 1 aromatic carbocycles. The Morgan fingerprint density at radius 1 is 1.17 bits per heavy atom. The Hall–Kier alpha value is -3.68. The second-order valence-electron chi connectivity index (χ2n) is 8.09. The number of sulfone groups is 1. The SMILES string of the molecule is COc1c(S(C)(=O)=O)ccc(OC(C)C(F)(F)F)c1C(=O)N1Cc2cn(-c3ccc(F)cn3)nc2C1. The fourth-order valence-electron chi connectivity index (χ4n) is 3.67. The standard InChI is InChI=1S/C22H20F4N4O5S/c1-12(22(24,25)26)35-16-5-6-17(36(3,32)33)20(34-2)19(16)21(31)29-9-13-10-30(28-15(13)11-29)18-7-4-14(23)8-27-18/h4-8,10,12H,9,11H2,1-3H3. The molecule has 1 amide bonds. The summed E-state index contributed by atoms with van der Waals surface area (Å²) in [6, 6.07) is 4.68. The minimum absolute atomic E-state index is 0.0237. The van der Waals surface area contributed by atoms with Crippen molar-refractivity contribution in [2.45, 2.75) is 37.2 Å². The molecule has 0 saturated heterocycles. The zero-order chi connectivity index (χ0) is 26.4. The number of amides is 1. The molecule has 0 fully saturated rings. The number of carbonyl (C=O) groups excluding carboxylic acids is 1. The topological polar surface area (TPSA) is 104 Å². The molecule has 1 unspecified atom stereocenters. The van der Waals surface area contributed by atoms with Gasteiger partial charge in [0, 0.05) is 24.6 Å². The van der Waals surface area contributed by atoms with Crippen LogP contribution in [-0.4, -0.2) is 59.6 Å². The summed E-state index contributed by atoms with van der Waals surface area (Å²) in [4.78, 5) is 18.4. The first-order valence-electron chi connectivity index (χ1n) is 10.4. The normalized spacial score (nSPS) is 14.5. The molecule has 1 atom stereocenters. The highest BCUT2D eigenvalue weighted by Gasteiger charge is 2.40. The first kappa shape index (κ1) is 25.4. The number of benzene rings is 1. The number of hydrogen-bond donors (Lipinski definition) is 0. The molecule has 14 heteroatoms. The molecule has 1 aliphatic rings. The zero-order valence-corrected chi connectivity index (χ0v) is 20.0. The Morgan fingerprint density at radius 2 is 1.89 bits per heavy atom. The minimum atomic E-state index is -4.73. The van der Waals surface area contributed by atoms with Gasteiger partial charge in [-0.1, -0.05) is 0 Å². The molecule has 0 saturated carbocycles. The van der Waals surface area contributed by atoms with Crippen molar-refractivity contribution in [3.8, 4) is 17.3 Å². The van der Waals surface area contributed by atoms with E-state index in [1.807, 2.05) is 0 Å². The molecule has 2 aromatic heterocycles. The number of hydrogen-bond acceptors (Lipinski definition) is 7. The smallest absolute Gasteiger partial charge is 0.425 e. The van der Waals surface area contributed by atoms with Crippen molar-refractivity contribution < 1.29 is 40.2 Å². The van der Waals surface area contributed by atoms with Crippen molar-refractivity contribution in [1.82, 2.24) is 19.7 Å². The van der Waals surface area contributed by atoms with Crippen LogP contribution in [0.5, 0.6) is 11.5 Å². The predicted molar refractivity (Wildman–Crippen MR) is 117 cm³/mol. The van der Waals surface area contributed by atoms with Crippen LogP contribution in [0, 0.1) is 5.82 Å². The average molecular weight is 528 g/mol. The van der Waals surface area contributed by atoms with E-state index in [-0.39, 0.29) is 18.0 Å². The monoisotopic (exact) mass is 528 g/mol. The van der Waals surface area contributed by atoms with Gasteiger partial charge in [0.1, 0.15) is 22.0 Å². The third kappa shape index (κ3) is 4.85. The molecule has 36 heavy (non-hydrogen) atoms. The maximum atomic E-state index is 13.5. The highest BCUT2D eigenvalue weighted by Crippen LogP contribution is 2.39. The van der Waals surface area contributed by atoms with Gasteiger partial charge in [-0.15, -0.1) is 0 Å². The summed E-state index contributed by atoms with van der Waals surface area (Å²) in [6.45, 7) is 0.766. The number of aromatic nitrogens is 3. The number of alkyl halides is 3.